The summed E-state index contributed by atoms with van der Waals surface area (Å²) in [5.74, 6) is 0. The van der Waals surface area contributed by atoms with E-state index in [1.54, 1.807) is 0 Å². The van der Waals surface area contributed by atoms with E-state index in [0.717, 1.165) is 0 Å². The Morgan fingerprint density at radius 3 is 1.93 bits per heavy atom. The second-order valence-corrected chi connectivity index (χ2v) is 5.11. The van der Waals surface area contributed by atoms with Gasteiger partial charge in [0.2, 0.25) is 0 Å². The first-order chi connectivity index (χ1) is 7.36. The van der Waals surface area contributed by atoms with Crippen molar-refractivity contribution < 1.29 is 0 Å². The molecule has 0 N–H and O–H groups in total. The Balaban J connectivity index is 1.72. The third-order valence-electron chi connectivity index (χ3n) is 3.82. The summed E-state index contributed by atoms with van der Waals surface area (Å²) in [5.41, 5.74) is 0. The summed E-state index contributed by atoms with van der Waals surface area (Å²) in [7, 11) is 0. The van der Waals surface area contributed by atoms with Gasteiger partial charge in [0.05, 0.1) is 0 Å². The molecule has 0 aliphatic carbocycles. The van der Waals surface area contributed by atoms with Crippen LogP contribution in [0.1, 0.15) is 38.5 Å². The van der Waals surface area contributed by atoms with Crippen molar-refractivity contribution in [1.29, 1.82) is 0 Å². The van der Waals surface area contributed by atoms with E-state index in [-0.39, 0.29) is 0 Å². The van der Waals surface area contributed by atoms with Crippen LogP contribution in [0.15, 0.2) is 0 Å². The minimum atomic E-state index is 0.531. The molecule has 2 saturated heterocycles. The lowest BCUT2D eigenvalue weighted by Crippen LogP contribution is -2.45. The zero-order valence-corrected chi connectivity index (χ0v) is 9.96. The molecule has 1 atom stereocenters. The van der Waals surface area contributed by atoms with Crippen LogP contribution in [-0.4, -0.2) is 48.6 Å². The Bertz CT molecular complexity index is 169. The molecule has 0 aromatic carbocycles. The molecule has 2 heteroatoms. The van der Waals surface area contributed by atoms with E-state index in [0.29, 0.717) is 6.04 Å². The molecule has 2 aliphatic rings. The molecule has 87 valence electrons. The molecule has 2 fully saturated rings. The first kappa shape index (κ1) is 11.4. The van der Waals surface area contributed by atoms with Crippen molar-refractivity contribution >= 4 is 0 Å². The normalized spacial score (nSPS) is 27.8. The zero-order chi connectivity index (χ0) is 10.5. The van der Waals surface area contributed by atoms with Gasteiger partial charge in [-0.1, -0.05) is 12.8 Å². The molecule has 15 heavy (non-hydrogen) atoms. The van der Waals surface area contributed by atoms with Crippen molar-refractivity contribution in [3.05, 3.63) is 6.92 Å². The molecule has 0 aromatic rings. The van der Waals surface area contributed by atoms with Crippen molar-refractivity contribution in [2.24, 2.45) is 0 Å². The van der Waals surface area contributed by atoms with Gasteiger partial charge >= 0.3 is 0 Å². The maximum Gasteiger partial charge on any atom is 0.0223 e. The second kappa shape index (κ2) is 5.86. The van der Waals surface area contributed by atoms with E-state index in [9.17, 15) is 0 Å². The van der Waals surface area contributed by atoms with Crippen LogP contribution in [0.2, 0.25) is 0 Å². The monoisotopic (exact) mass is 209 g/mol. The van der Waals surface area contributed by atoms with Crippen molar-refractivity contribution in [2.75, 3.05) is 32.7 Å². The number of piperidine rings is 2. The second-order valence-electron chi connectivity index (χ2n) is 5.11. The van der Waals surface area contributed by atoms with Gasteiger partial charge in [-0.15, -0.1) is 0 Å². The molecule has 2 aliphatic heterocycles. The number of likely N-dealkylation sites (tertiary alicyclic amines) is 2. The quantitative estimate of drug-likeness (QED) is 0.703. The largest absolute Gasteiger partial charge is 0.302 e. The molecular formula is C13H25N2. The summed E-state index contributed by atoms with van der Waals surface area (Å²) in [6.07, 6.45) is 8.41. The predicted octanol–water partition coefficient (Wildman–Crippen LogP) is 2.16. The highest BCUT2D eigenvalue weighted by atomic mass is 15.2. The Morgan fingerprint density at radius 2 is 1.33 bits per heavy atom. The summed E-state index contributed by atoms with van der Waals surface area (Å²) >= 11 is 0. The summed E-state index contributed by atoms with van der Waals surface area (Å²) in [6, 6.07) is 0.531. The van der Waals surface area contributed by atoms with Gasteiger partial charge in [0.1, 0.15) is 0 Å². The average molecular weight is 209 g/mol. The van der Waals surface area contributed by atoms with E-state index in [2.05, 4.69) is 16.7 Å². The minimum absolute atomic E-state index is 0.531. The van der Waals surface area contributed by atoms with Crippen LogP contribution in [-0.2, 0) is 0 Å². The molecule has 0 bridgehead atoms. The summed E-state index contributed by atoms with van der Waals surface area (Å²) in [5, 5.41) is 0. The zero-order valence-electron chi connectivity index (χ0n) is 9.96. The van der Waals surface area contributed by atoms with Gasteiger partial charge in [0.25, 0.3) is 0 Å². The topological polar surface area (TPSA) is 6.48 Å². The van der Waals surface area contributed by atoms with Gasteiger partial charge in [-0.05, 0) is 58.8 Å². The molecule has 2 heterocycles. The Kier molecular flexibility index (Phi) is 4.45. The van der Waals surface area contributed by atoms with Gasteiger partial charge in [0.15, 0.2) is 0 Å². The summed E-state index contributed by atoms with van der Waals surface area (Å²) in [4.78, 5) is 5.19. The molecule has 2 nitrogen and oxygen atoms in total. The lowest BCUT2D eigenvalue weighted by molar-refractivity contribution is 0.130. The molecule has 1 radical (unpaired) electrons. The van der Waals surface area contributed by atoms with E-state index in [4.69, 9.17) is 0 Å². The number of rotatable bonds is 3. The fourth-order valence-electron chi connectivity index (χ4n) is 2.84. The predicted molar refractivity (Wildman–Crippen MR) is 64.9 cm³/mol. The molecule has 0 amide bonds. The third-order valence-corrected chi connectivity index (χ3v) is 3.82. The van der Waals surface area contributed by atoms with Crippen molar-refractivity contribution in [1.82, 2.24) is 9.80 Å². The minimum Gasteiger partial charge on any atom is -0.302 e. The van der Waals surface area contributed by atoms with E-state index in [1.165, 1.54) is 71.2 Å². The van der Waals surface area contributed by atoms with Gasteiger partial charge < -0.3 is 4.90 Å². The summed E-state index contributed by atoms with van der Waals surface area (Å²) < 4.78 is 0. The maximum absolute atomic E-state index is 4.34. The first-order valence-corrected chi connectivity index (χ1v) is 6.66. The SMILES string of the molecule is [CH2]C(CN1CCCCC1)N1CCCCC1. The molecule has 0 saturated carbocycles. The highest BCUT2D eigenvalue weighted by Gasteiger charge is 2.20. The van der Waals surface area contributed by atoms with Crippen molar-refractivity contribution in [2.45, 2.75) is 44.6 Å². The van der Waals surface area contributed by atoms with Crippen LogP contribution in [0.5, 0.6) is 0 Å². The van der Waals surface area contributed by atoms with Crippen molar-refractivity contribution in [3.63, 3.8) is 0 Å². The highest BCUT2D eigenvalue weighted by molar-refractivity contribution is 4.80. The molecular weight excluding hydrogens is 184 g/mol. The highest BCUT2D eigenvalue weighted by Crippen LogP contribution is 2.14. The number of hydrogen-bond acceptors (Lipinski definition) is 2. The van der Waals surface area contributed by atoms with Crippen molar-refractivity contribution in [3.8, 4) is 0 Å². The van der Waals surface area contributed by atoms with Crippen LogP contribution in [0, 0.1) is 6.92 Å². The Hall–Kier alpha value is -0.0800. The lowest BCUT2D eigenvalue weighted by Gasteiger charge is -2.36. The Morgan fingerprint density at radius 1 is 0.800 bits per heavy atom. The third kappa shape index (κ3) is 3.46. The molecule has 2 rings (SSSR count). The number of nitrogens with zero attached hydrogens (tertiary/aromatic N) is 2. The van der Waals surface area contributed by atoms with E-state index >= 15 is 0 Å². The number of hydrogen-bond donors (Lipinski definition) is 0. The van der Waals surface area contributed by atoms with Gasteiger partial charge in [0, 0.05) is 12.6 Å². The van der Waals surface area contributed by atoms with E-state index < -0.39 is 0 Å². The fraction of sp³-hybridized carbons (Fsp3) is 0.923. The fourth-order valence-corrected chi connectivity index (χ4v) is 2.84. The van der Waals surface area contributed by atoms with Crippen LogP contribution in [0.25, 0.3) is 0 Å². The van der Waals surface area contributed by atoms with Gasteiger partial charge in [-0.3, -0.25) is 4.90 Å². The van der Waals surface area contributed by atoms with Gasteiger partial charge in [-0.2, -0.15) is 0 Å². The molecule has 0 spiro atoms. The maximum atomic E-state index is 4.34. The lowest BCUT2D eigenvalue weighted by atomic mass is 10.1. The van der Waals surface area contributed by atoms with Crippen LogP contribution < -0.4 is 0 Å². The smallest absolute Gasteiger partial charge is 0.0223 e. The van der Waals surface area contributed by atoms with Crippen LogP contribution in [0.3, 0.4) is 0 Å². The standard InChI is InChI=1S/C13H25N2/c1-13(15-10-6-3-7-11-15)12-14-8-4-2-5-9-14/h13H,1-12H2. The first-order valence-electron chi connectivity index (χ1n) is 6.66. The summed E-state index contributed by atoms with van der Waals surface area (Å²) in [6.45, 7) is 10.7. The molecule has 0 aromatic heterocycles. The van der Waals surface area contributed by atoms with Crippen LogP contribution in [0.4, 0.5) is 0 Å². The average Bonchev–Trinajstić information content (AvgIpc) is 2.31. The molecule has 1 unspecified atom stereocenters. The van der Waals surface area contributed by atoms with E-state index in [1.807, 2.05) is 0 Å². The van der Waals surface area contributed by atoms with Gasteiger partial charge in [-0.25, -0.2) is 0 Å². The van der Waals surface area contributed by atoms with Crippen LogP contribution >= 0.6 is 0 Å². The Labute approximate surface area is 94.6 Å².